The minimum Gasteiger partial charge on any atom is -0.445 e. The summed E-state index contributed by atoms with van der Waals surface area (Å²) in [5.41, 5.74) is 0.784. The van der Waals surface area contributed by atoms with Gasteiger partial charge in [-0.2, -0.15) is 0 Å². The van der Waals surface area contributed by atoms with Crippen molar-refractivity contribution in [3.63, 3.8) is 0 Å². The smallest absolute Gasteiger partial charge is 0.408 e. The number of aliphatic hydroxyl groups excluding tert-OH is 4. The normalized spacial score (nSPS) is 27.9. The third kappa shape index (κ3) is 6.12. The number of alkyl carbamates (subject to hydrolysis) is 1. The molecule has 1 aromatic carbocycles. The molecule has 29 heavy (non-hydrogen) atoms. The average Bonchev–Trinajstić information content (AvgIpc) is 2.70. The first-order valence-electron chi connectivity index (χ1n) is 9.32. The molecule has 1 aliphatic rings. The number of amides is 2. The van der Waals surface area contributed by atoms with E-state index in [1.54, 1.807) is 38.1 Å². The Balaban J connectivity index is 1.95. The van der Waals surface area contributed by atoms with Gasteiger partial charge in [-0.05, 0) is 11.5 Å². The van der Waals surface area contributed by atoms with Crippen molar-refractivity contribution in [2.45, 2.75) is 57.1 Å². The Morgan fingerprint density at radius 3 is 2.38 bits per heavy atom. The van der Waals surface area contributed by atoms with Gasteiger partial charge in [0.2, 0.25) is 5.91 Å². The van der Waals surface area contributed by atoms with E-state index in [9.17, 15) is 24.9 Å². The van der Waals surface area contributed by atoms with Crippen molar-refractivity contribution < 1.29 is 39.5 Å². The van der Waals surface area contributed by atoms with Crippen LogP contribution in [0.2, 0.25) is 0 Å². The van der Waals surface area contributed by atoms with E-state index >= 15 is 0 Å². The van der Waals surface area contributed by atoms with Gasteiger partial charge in [0.15, 0.2) is 6.29 Å². The Morgan fingerprint density at radius 1 is 1.14 bits per heavy atom. The van der Waals surface area contributed by atoms with Crippen molar-refractivity contribution >= 4 is 12.0 Å². The zero-order chi connectivity index (χ0) is 21.6. The monoisotopic (exact) mass is 412 g/mol. The fourth-order valence-corrected chi connectivity index (χ4v) is 2.93. The Morgan fingerprint density at radius 2 is 1.79 bits per heavy atom. The summed E-state index contributed by atoms with van der Waals surface area (Å²) in [7, 11) is 0. The summed E-state index contributed by atoms with van der Waals surface area (Å²) in [6, 6.07) is 6.65. The Bertz CT molecular complexity index is 671. The van der Waals surface area contributed by atoms with E-state index < -0.39 is 55.3 Å². The van der Waals surface area contributed by atoms with Gasteiger partial charge in [-0.3, -0.25) is 4.79 Å². The maximum Gasteiger partial charge on any atom is 0.408 e. The molecule has 1 aliphatic heterocycles. The molecular weight excluding hydrogens is 384 g/mol. The highest BCUT2D eigenvalue weighted by Gasteiger charge is 2.45. The molecule has 162 valence electrons. The third-order valence-corrected chi connectivity index (χ3v) is 4.64. The predicted octanol–water partition coefficient (Wildman–Crippen LogP) is -1.15. The Labute approximate surface area is 168 Å². The largest absolute Gasteiger partial charge is 0.445 e. The number of ether oxygens (including phenoxy) is 2. The van der Waals surface area contributed by atoms with Crippen LogP contribution in [-0.4, -0.2) is 75.7 Å². The summed E-state index contributed by atoms with van der Waals surface area (Å²) in [5.74, 6) is -1.04. The zero-order valence-electron chi connectivity index (χ0n) is 16.3. The maximum atomic E-state index is 12.6. The van der Waals surface area contributed by atoms with Crippen LogP contribution in [0.5, 0.6) is 0 Å². The van der Waals surface area contributed by atoms with Crippen LogP contribution in [0.3, 0.4) is 0 Å². The van der Waals surface area contributed by atoms with Gasteiger partial charge in [0.1, 0.15) is 37.0 Å². The lowest BCUT2D eigenvalue weighted by atomic mass is 9.96. The number of nitrogens with one attached hydrogen (secondary N) is 2. The van der Waals surface area contributed by atoms with Gasteiger partial charge < -0.3 is 40.5 Å². The number of aliphatic hydroxyl groups is 4. The van der Waals surface area contributed by atoms with E-state index in [0.717, 1.165) is 5.56 Å². The van der Waals surface area contributed by atoms with Crippen molar-refractivity contribution in [1.82, 2.24) is 10.6 Å². The molecule has 6 N–H and O–H groups in total. The van der Waals surface area contributed by atoms with Gasteiger partial charge in [-0.1, -0.05) is 44.2 Å². The second kappa shape index (κ2) is 10.5. The molecule has 1 aromatic rings. The molecule has 10 heteroatoms. The molecule has 0 bridgehead atoms. The predicted molar refractivity (Wildman–Crippen MR) is 100 cm³/mol. The molecule has 1 saturated heterocycles. The summed E-state index contributed by atoms with van der Waals surface area (Å²) >= 11 is 0. The van der Waals surface area contributed by atoms with Crippen molar-refractivity contribution in [3.05, 3.63) is 35.9 Å². The summed E-state index contributed by atoms with van der Waals surface area (Å²) < 4.78 is 10.1. The van der Waals surface area contributed by atoms with Gasteiger partial charge in [0, 0.05) is 0 Å². The molecule has 1 unspecified atom stereocenters. The molecule has 2 rings (SSSR count). The van der Waals surface area contributed by atoms with Crippen molar-refractivity contribution in [3.8, 4) is 0 Å². The summed E-state index contributed by atoms with van der Waals surface area (Å²) in [6.45, 7) is 2.81. The van der Waals surface area contributed by atoms with E-state index in [-0.39, 0.29) is 12.5 Å². The summed E-state index contributed by atoms with van der Waals surface area (Å²) in [6.07, 6.45) is -6.70. The number of rotatable bonds is 7. The van der Waals surface area contributed by atoms with Gasteiger partial charge in [0.05, 0.1) is 6.61 Å². The lowest BCUT2D eigenvalue weighted by Crippen LogP contribution is -2.66. The minimum absolute atomic E-state index is 0.0295. The van der Waals surface area contributed by atoms with E-state index in [1.807, 2.05) is 6.07 Å². The molecule has 10 nitrogen and oxygen atoms in total. The van der Waals surface area contributed by atoms with Crippen LogP contribution in [0.1, 0.15) is 19.4 Å². The Hall–Kier alpha value is -2.24. The lowest BCUT2D eigenvalue weighted by molar-refractivity contribution is -0.254. The van der Waals surface area contributed by atoms with Gasteiger partial charge >= 0.3 is 6.09 Å². The fraction of sp³-hybridized carbons (Fsp3) is 0.579. The van der Waals surface area contributed by atoms with Gasteiger partial charge in [-0.25, -0.2) is 4.79 Å². The van der Waals surface area contributed by atoms with Gasteiger partial charge in [0.25, 0.3) is 0 Å². The molecular formula is C19H28N2O8. The fourth-order valence-electron chi connectivity index (χ4n) is 2.93. The minimum atomic E-state index is -1.65. The maximum absolute atomic E-state index is 12.6. The van der Waals surface area contributed by atoms with Crippen LogP contribution >= 0.6 is 0 Å². The first-order chi connectivity index (χ1) is 13.7. The second-order valence-corrected chi connectivity index (χ2v) is 7.19. The standard InChI is InChI=1S/C19H28N2O8/c1-10(2)13(21-19(27)28-9-11-6-4-3-5-7-11)17(25)20-14-16(24)15(23)12(8-22)29-18(14)26/h3-7,10,12-16,18,22-24,26H,8-9H2,1-2H3,(H,20,25)(H,21,27)/t12-,13+,14-,15-,16-,18?/m1/s1. The number of hydrogen-bond acceptors (Lipinski definition) is 8. The van der Waals surface area contributed by atoms with E-state index in [2.05, 4.69) is 10.6 Å². The molecule has 0 aliphatic carbocycles. The molecule has 0 radical (unpaired) electrons. The molecule has 1 fully saturated rings. The van der Waals surface area contributed by atoms with E-state index in [1.165, 1.54) is 0 Å². The van der Waals surface area contributed by atoms with E-state index in [4.69, 9.17) is 14.6 Å². The van der Waals surface area contributed by atoms with Crippen molar-refractivity contribution in [2.24, 2.45) is 5.92 Å². The second-order valence-electron chi connectivity index (χ2n) is 7.19. The molecule has 1 heterocycles. The number of carbonyl (C=O) groups excluding carboxylic acids is 2. The number of benzene rings is 1. The highest BCUT2D eigenvalue weighted by molar-refractivity contribution is 5.86. The molecule has 0 spiro atoms. The van der Waals surface area contributed by atoms with Crippen LogP contribution in [-0.2, 0) is 20.9 Å². The molecule has 0 aromatic heterocycles. The van der Waals surface area contributed by atoms with Gasteiger partial charge in [-0.15, -0.1) is 0 Å². The van der Waals surface area contributed by atoms with Crippen LogP contribution in [0.15, 0.2) is 30.3 Å². The first-order valence-corrected chi connectivity index (χ1v) is 9.32. The SMILES string of the molecule is CC(C)[C@H](NC(=O)OCc1ccccc1)C(=O)N[C@H]1C(O)O[C@H](CO)[C@@H](O)[C@@H]1O. The van der Waals surface area contributed by atoms with Crippen LogP contribution in [0.25, 0.3) is 0 Å². The highest BCUT2D eigenvalue weighted by atomic mass is 16.6. The van der Waals surface area contributed by atoms with Crippen LogP contribution < -0.4 is 10.6 Å². The van der Waals surface area contributed by atoms with E-state index in [0.29, 0.717) is 0 Å². The number of hydrogen-bond donors (Lipinski definition) is 6. The third-order valence-electron chi connectivity index (χ3n) is 4.64. The molecule has 0 saturated carbocycles. The summed E-state index contributed by atoms with van der Waals surface area (Å²) in [4.78, 5) is 24.7. The quantitative estimate of drug-likeness (QED) is 0.328. The van der Waals surface area contributed by atoms with Crippen molar-refractivity contribution in [2.75, 3.05) is 6.61 Å². The topological polar surface area (TPSA) is 158 Å². The van der Waals surface area contributed by atoms with Crippen LogP contribution in [0, 0.1) is 5.92 Å². The Kier molecular flexibility index (Phi) is 8.35. The van der Waals surface area contributed by atoms with Crippen LogP contribution in [0.4, 0.5) is 4.79 Å². The summed E-state index contributed by atoms with van der Waals surface area (Å²) in [5, 5.41) is 44.0. The number of carbonyl (C=O) groups is 2. The first kappa shape index (κ1) is 23.0. The molecule has 6 atom stereocenters. The zero-order valence-corrected chi connectivity index (χ0v) is 16.3. The van der Waals surface area contributed by atoms with Crippen molar-refractivity contribution in [1.29, 1.82) is 0 Å². The highest BCUT2D eigenvalue weighted by Crippen LogP contribution is 2.20. The lowest BCUT2D eigenvalue weighted by Gasteiger charge is -2.40. The average molecular weight is 412 g/mol. The molecule has 2 amide bonds.